The van der Waals surface area contributed by atoms with E-state index in [1.807, 2.05) is 43.3 Å². The summed E-state index contributed by atoms with van der Waals surface area (Å²) in [6.45, 7) is 7.20. The average molecular weight is 375 g/mol. The van der Waals surface area contributed by atoms with E-state index in [0.29, 0.717) is 24.8 Å². The van der Waals surface area contributed by atoms with Gasteiger partial charge < -0.3 is 9.47 Å². The van der Waals surface area contributed by atoms with Crippen LogP contribution >= 0.6 is 0 Å². The van der Waals surface area contributed by atoms with Crippen molar-refractivity contribution in [3.8, 4) is 11.5 Å². The molecule has 5 heteroatoms. The summed E-state index contributed by atoms with van der Waals surface area (Å²) < 4.78 is 11.8. The summed E-state index contributed by atoms with van der Waals surface area (Å²) in [4.78, 5) is 4.17. The maximum Gasteiger partial charge on any atom is 0.161 e. The molecule has 0 aliphatic carbocycles. The smallest absolute Gasteiger partial charge is 0.161 e. The van der Waals surface area contributed by atoms with Gasteiger partial charge in [0, 0.05) is 6.20 Å². The van der Waals surface area contributed by atoms with Crippen LogP contribution in [-0.2, 0) is 6.61 Å². The normalized spacial score (nSPS) is 10.8. The van der Waals surface area contributed by atoms with E-state index in [0.717, 1.165) is 11.3 Å². The van der Waals surface area contributed by atoms with E-state index in [1.165, 1.54) is 16.7 Å². The van der Waals surface area contributed by atoms with Crippen molar-refractivity contribution in [1.82, 2.24) is 4.98 Å². The summed E-state index contributed by atoms with van der Waals surface area (Å²) in [6.07, 6.45) is 3.44. The molecule has 3 aromatic rings. The molecule has 0 atom stereocenters. The third-order valence-electron chi connectivity index (χ3n) is 4.21. The first-order valence-electron chi connectivity index (χ1n) is 9.31. The number of aryl methyl sites for hydroxylation is 2. The molecule has 0 fully saturated rings. The van der Waals surface area contributed by atoms with Crippen LogP contribution in [0.4, 0.5) is 5.82 Å². The zero-order valence-electron chi connectivity index (χ0n) is 16.5. The molecule has 0 unspecified atom stereocenters. The van der Waals surface area contributed by atoms with Gasteiger partial charge in [-0.1, -0.05) is 29.8 Å². The van der Waals surface area contributed by atoms with E-state index in [9.17, 15) is 0 Å². The maximum absolute atomic E-state index is 6.05. The Morgan fingerprint density at radius 3 is 2.68 bits per heavy atom. The Bertz CT molecular complexity index is 940. The summed E-state index contributed by atoms with van der Waals surface area (Å²) in [5, 5.41) is 4.22. The Hall–Kier alpha value is -3.34. The molecule has 3 rings (SSSR count). The second-order valence-electron chi connectivity index (χ2n) is 6.44. The van der Waals surface area contributed by atoms with Crippen LogP contribution < -0.4 is 14.9 Å². The standard InChI is InChI=1S/C23H25N3O2/c1-4-27-22-14-19(15-25-26-23-7-5-6-12-24-23)10-11-21(22)28-16-20-13-17(2)8-9-18(20)3/h5-15H,4,16H2,1-3H3,(H,24,26)/b25-15+. The Labute approximate surface area is 166 Å². The molecule has 0 aliphatic rings. The van der Waals surface area contributed by atoms with Gasteiger partial charge in [-0.2, -0.15) is 5.10 Å². The first-order chi connectivity index (χ1) is 13.7. The van der Waals surface area contributed by atoms with Crippen LogP contribution in [-0.4, -0.2) is 17.8 Å². The highest BCUT2D eigenvalue weighted by Gasteiger charge is 2.08. The number of ether oxygens (including phenoxy) is 2. The molecular formula is C23H25N3O2. The predicted molar refractivity (Wildman–Crippen MR) is 113 cm³/mol. The summed E-state index contributed by atoms with van der Waals surface area (Å²) in [6, 6.07) is 17.8. The predicted octanol–water partition coefficient (Wildman–Crippen LogP) is 5.12. The van der Waals surface area contributed by atoms with Crippen LogP contribution in [0.15, 0.2) is 65.9 Å². The van der Waals surface area contributed by atoms with Crippen molar-refractivity contribution in [3.05, 3.63) is 83.0 Å². The maximum atomic E-state index is 6.05. The number of hydrogen-bond acceptors (Lipinski definition) is 5. The fraction of sp³-hybridized carbons (Fsp3) is 0.217. The summed E-state index contributed by atoms with van der Waals surface area (Å²) >= 11 is 0. The van der Waals surface area contributed by atoms with Crippen molar-refractivity contribution in [3.63, 3.8) is 0 Å². The van der Waals surface area contributed by atoms with Crippen molar-refractivity contribution in [2.75, 3.05) is 12.0 Å². The van der Waals surface area contributed by atoms with E-state index in [2.05, 4.69) is 47.6 Å². The van der Waals surface area contributed by atoms with E-state index >= 15 is 0 Å². The second-order valence-corrected chi connectivity index (χ2v) is 6.44. The third kappa shape index (κ3) is 5.33. The van der Waals surface area contributed by atoms with E-state index in [4.69, 9.17) is 9.47 Å². The van der Waals surface area contributed by atoms with Crippen LogP contribution in [0.1, 0.15) is 29.2 Å². The summed E-state index contributed by atoms with van der Waals surface area (Å²) in [5.74, 6) is 2.12. The van der Waals surface area contributed by atoms with Crippen LogP contribution in [0, 0.1) is 13.8 Å². The molecule has 28 heavy (non-hydrogen) atoms. The zero-order chi connectivity index (χ0) is 19.8. The fourth-order valence-electron chi connectivity index (χ4n) is 2.71. The van der Waals surface area contributed by atoms with E-state index < -0.39 is 0 Å². The Morgan fingerprint density at radius 2 is 1.89 bits per heavy atom. The monoisotopic (exact) mass is 375 g/mol. The molecule has 0 saturated carbocycles. The minimum atomic E-state index is 0.502. The number of pyridine rings is 1. The minimum Gasteiger partial charge on any atom is -0.490 e. The Morgan fingerprint density at radius 1 is 1.00 bits per heavy atom. The molecule has 1 heterocycles. The van der Waals surface area contributed by atoms with Gasteiger partial charge in [-0.3, -0.25) is 5.43 Å². The van der Waals surface area contributed by atoms with Gasteiger partial charge in [-0.15, -0.1) is 0 Å². The molecule has 0 radical (unpaired) electrons. The van der Waals surface area contributed by atoms with Crippen molar-refractivity contribution in [1.29, 1.82) is 0 Å². The number of hydrogen-bond donors (Lipinski definition) is 1. The van der Waals surface area contributed by atoms with Crippen molar-refractivity contribution in [2.45, 2.75) is 27.4 Å². The Kier molecular flexibility index (Phi) is 6.63. The molecule has 0 saturated heterocycles. The van der Waals surface area contributed by atoms with Gasteiger partial charge in [0.2, 0.25) is 0 Å². The highest BCUT2D eigenvalue weighted by atomic mass is 16.5. The highest BCUT2D eigenvalue weighted by molar-refractivity contribution is 5.81. The highest BCUT2D eigenvalue weighted by Crippen LogP contribution is 2.29. The third-order valence-corrected chi connectivity index (χ3v) is 4.21. The van der Waals surface area contributed by atoms with Gasteiger partial charge in [0.05, 0.1) is 12.8 Å². The minimum absolute atomic E-state index is 0.502. The number of hydrazone groups is 1. The number of anilines is 1. The second kappa shape index (κ2) is 9.55. The van der Waals surface area contributed by atoms with Gasteiger partial charge in [0.25, 0.3) is 0 Å². The molecule has 1 N–H and O–H groups in total. The van der Waals surface area contributed by atoms with E-state index in [-0.39, 0.29) is 0 Å². The molecule has 1 aromatic heterocycles. The topological polar surface area (TPSA) is 55.7 Å². The van der Waals surface area contributed by atoms with Crippen LogP contribution in [0.2, 0.25) is 0 Å². The van der Waals surface area contributed by atoms with Crippen molar-refractivity contribution >= 4 is 12.0 Å². The molecule has 0 aliphatic heterocycles. The molecule has 2 aromatic carbocycles. The quantitative estimate of drug-likeness (QED) is 0.438. The Balaban J connectivity index is 1.70. The van der Waals surface area contributed by atoms with Gasteiger partial charge in [-0.05, 0) is 67.8 Å². The average Bonchev–Trinajstić information content (AvgIpc) is 2.71. The molecular weight excluding hydrogens is 350 g/mol. The molecule has 0 amide bonds. The first-order valence-corrected chi connectivity index (χ1v) is 9.31. The van der Waals surface area contributed by atoms with Gasteiger partial charge in [-0.25, -0.2) is 4.98 Å². The lowest BCUT2D eigenvalue weighted by molar-refractivity contribution is 0.269. The zero-order valence-corrected chi connectivity index (χ0v) is 16.5. The van der Waals surface area contributed by atoms with Gasteiger partial charge >= 0.3 is 0 Å². The molecule has 0 spiro atoms. The first kappa shape index (κ1) is 19.4. The van der Waals surface area contributed by atoms with Gasteiger partial charge in [0.1, 0.15) is 12.4 Å². The molecule has 144 valence electrons. The number of nitrogens with zero attached hydrogens (tertiary/aromatic N) is 2. The fourth-order valence-corrected chi connectivity index (χ4v) is 2.71. The number of rotatable bonds is 8. The molecule has 5 nitrogen and oxygen atoms in total. The van der Waals surface area contributed by atoms with Crippen LogP contribution in [0.25, 0.3) is 0 Å². The largest absolute Gasteiger partial charge is 0.490 e. The summed E-state index contributed by atoms with van der Waals surface area (Å²) in [5.41, 5.74) is 7.42. The molecule has 0 bridgehead atoms. The summed E-state index contributed by atoms with van der Waals surface area (Å²) in [7, 11) is 0. The lowest BCUT2D eigenvalue weighted by atomic mass is 10.1. The van der Waals surface area contributed by atoms with Crippen LogP contribution in [0.5, 0.6) is 11.5 Å². The number of nitrogens with one attached hydrogen (secondary N) is 1. The van der Waals surface area contributed by atoms with E-state index in [1.54, 1.807) is 12.4 Å². The SMILES string of the molecule is CCOc1cc(/C=N/Nc2ccccn2)ccc1OCc1cc(C)ccc1C. The lowest BCUT2D eigenvalue weighted by Gasteiger charge is -2.14. The lowest BCUT2D eigenvalue weighted by Crippen LogP contribution is -2.02. The van der Waals surface area contributed by atoms with Crippen molar-refractivity contribution < 1.29 is 9.47 Å². The number of benzene rings is 2. The van der Waals surface area contributed by atoms with Crippen molar-refractivity contribution in [2.24, 2.45) is 5.10 Å². The van der Waals surface area contributed by atoms with Crippen LogP contribution in [0.3, 0.4) is 0 Å². The van der Waals surface area contributed by atoms with Gasteiger partial charge in [0.15, 0.2) is 11.5 Å². The number of aromatic nitrogens is 1.